The van der Waals surface area contributed by atoms with Gasteiger partial charge in [-0.3, -0.25) is 9.59 Å². The van der Waals surface area contributed by atoms with Crippen molar-refractivity contribution in [2.24, 2.45) is 17.8 Å². The Kier molecular flexibility index (Phi) is 3.46. The Bertz CT molecular complexity index is 387. The molecule has 0 radical (unpaired) electrons. The first-order valence-corrected chi connectivity index (χ1v) is 6.59. The lowest BCUT2D eigenvalue weighted by Gasteiger charge is -2.29. The third-order valence-electron chi connectivity index (χ3n) is 4.04. The van der Waals surface area contributed by atoms with Crippen LogP contribution in [0.15, 0.2) is 12.2 Å². The molecule has 0 aromatic rings. The number of aliphatic carboxylic acids is 1. The van der Waals surface area contributed by atoms with Crippen LogP contribution in [0.1, 0.15) is 39.5 Å². The monoisotopic (exact) mass is 251 g/mol. The molecule has 0 saturated heterocycles. The van der Waals surface area contributed by atoms with Gasteiger partial charge in [0.05, 0.1) is 0 Å². The fourth-order valence-corrected chi connectivity index (χ4v) is 2.99. The van der Waals surface area contributed by atoms with E-state index in [2.05, 4.69) is 17.5 Å². The first-order valence-electron chi connectivity index (χ1n) is 6.59. The van der Waals surface area contributed by atoms with Crippen molar-refractivity contribution in [3.8, 4) is 0 Å². The number of hydrogen-bond donors (Lipinski definition) is 2. The summed E-state index contributed by atoms with van der Waals surface area (Å²) < 4.78 is 0. The quantitative estimate of drug-likeness (QED) is 0.734. The van der Waals surface area contributed by atoms with Crippen LogP contribution >= 0.6 is 0 Å². The lowest BCUT2D eigenvalue weighted by molar-refractivity contribution is -0.138. The molecular weight excluding hydrogens is 230 g/mol. The van der Waals surface area contributed by atoms with Gasteiger partial charge < -0.3 is 10.4 Å². The van der Waals surface area contributed by atoms with Gasteiger partial charge in [0.1, 0.15) is 0 Å². The summed E-state index contributed by atoms with van der Waals surface area (Å²) in [6.07, 6.45) is 6.97. The zero-order valence-electron chi connectivity index (χ0n) is 11.0. The number of amides is 1. The van der Waals surface area contributed by atoms with E-state index in [-0.39, 0.29) is 18.2 Å². The van der Waals surface area contributed by atoms with E-state index < -0.39 is 11.5 Å². The minimum Gasteiger partial charge on any atom is -0.481 e. The van der Waals surface area contributed by atoms with Crippen molar-refractivity contribution in [3.05, 3.63) is 12.2 Å². The predicted octanol–water partition coefficient (Wildman–Crippen LogP) is 1.96. The van der Waals surface area contributed by atoms with Crippen LogP contribution in [-0.4, -0.2) is 22.5 Å². The van der Waals surface area contributed by atoms with Gasteiger partial charge in [-0.1, -0.05) is 12.2 Å². The molecule has 2 aliphatic carbocycles. The normalized spacial score (nSPS) is 29.6. The van der Waals surface area contributed by atoms with E-state index in [0.29, 0.717) is 18.3 Å². The smallest absolute Gasteiger partial charge is 0.303 e. The molecule has 0 heterocycles. The third-order valence-corrected chi connectivity index (χ3v) is 4.04. The topological polar surface area (TPSA) is 66.4 Å². The first-order chi connectivity index (χ1) is 8.37. The predicted molar refractivity (Wildman–Crippen MR) is 67.9 cm³/mol. The molecule has 4 heteroatoms. The summed E-state index contributed by atoms with van der Waals surface area (Å²) in [7, 11) is 0. The van der Waals surface area contributed by atoms with Gasteiger partial charge in [-0.15, -0.1) is 0 Å². The molecule has 3 atom stereocenters. The number of carboxylic acids is 1. The molecule has 1 saturated carbocycles. The van der Waals surface area contributed by atoms with Crippen molar-refractivity contribution in [1.29, 1.82) is 0 Å². The van der Waals surface area contributed by atoms with Crippen molar-refractivity contribution in [3.63, 3.8) is 0 Å². The van der Waals surface area contributed by atoms with Crippen molar-refractivity contribution >= 4 is 11.9 Å². The van der Waals surface area contributed by atoms with E-state index in [9.17, 15) is 9.59 Å². The largest absolute Gasteiger partial charge is 0.481 e. The molecule has 2 aliphatic rings. The Labute approximate surface area is 107 Å². The summed E-state index contributed by atoms with van der Waals surface area (Å²) >= 11 is 0. The van der Waals surface area contributed by atoms with Gasteiger partial charge in [0.25, 0.3) is 0 Å². The Morgan fingerprint density at radius 2 is 2.06 bits per heavy atom. The van der Waals surface area contributed by atoms with Gasteiger partial charge in [0.2, 0.25) is 5.91 Å². The Morgan fingerprint density at radius 3 is 2.56 bits per heavy atom. The van der Waals surface area contributed by atoms with Crippen LogP contribution in [0, 0.1) is 17.8 Å². The number of hydrogen-bond acceptors (Lipinski definition) is 2. The van der Waals surface area contributed by atoms with Gasteiger partial charge in [-0.25, -0.2) is 0 Å². The summed E-state index contributed by atoms with van der Waals surface area (Å²) in [5.41, 5.74) is -0.443. The second-order valence-electron chi connectivity index (χ2n) is 6.15. The molecule has 2 rings (SSSR count). The zero-order chi connectivity index (χ0) is 13.3. The van der Waals surface area contributed by atoms with E-state index in [0.717, 1.165) is 12.8 Å². The van der Waals surface area contributed by atoms with Crippen molar-refractivity contribution in [2.45, 2.75) is 45.1 Å². The van der Waals surface area contributed by atoms with Crippen LogP contribution in [0.5, 0.6) is 0 Å². The molecule has 2 bridgehead atoms. The standard InChI is InChI=1S/C14H21NO3/c1-14(2,6-5-12(16)17)15-13(18)11-8-9-3-4-10(11)7-9/h3-4,9-11H,5-8H2,1-2H3,(H,15,18)(H,16,17). The maximum absolute atomic E-state index is 12.2. The molecule has 4 nitrogen and oxygen atoms in total. The van der Waals surface area contributed by atoms with Crippen LogP contribution in [0.3, 0.4) is 0 Å². The highest BCUT2D eigenvalue weighted by molar-refractivity contribution is 5.80. The van der Waals surface area contributed by atoms with E-state index in [1.54, 1.807) is 0 Å². The highest BCUT2D eigenvalue weighted by Gasteiger charge is 2.40. The van der Waals surface area contributed by atoms with E-state index in [1.165, 1.54) is 0 Å². The SMILES string of the molecule is CC(C)(CCC(=O)O)NC(=O)C1CC2C=CC1C2. The van der Waals surface area contributed by atoms with Gasteiger partial charge in [0.15, 0.2) is 0 Å². The number of nitrogens with one attached hydrogen (secondary N) is 1. The first kappa shape index (κ1) is 13.1. The summed E-state index contributed by atoms with van der Waals surface area (Å²) in [5.74, 6) is 0.324. The Morgan fingerprint density at radius 1 is 1.33 bits per heavy atom. The number of carboxylic acid groups (broad SMARTS) is 1. The second-order valence-corrected chi connectivity index (χ2v) is 6.15. The lowest BCUT2D eigenvalue weighted by Crippen LogP contribution is -2.47. The molecule has 0 aromatic carbocycles. The molecule has 0 spiro atoms. The van der Waals surface area contributed by atoms with E-state index in [1.807, 2.05) is 13.8 Å². The number of carbonyl (C=O) groups excluding carboxylic acids is 1. The summed E-state index contributed by atoms with van der Waals surface area (Å²) in [6, 6.07) is 0. The molecule has 2 N–H and O–H groups in total. The fourth-order valence-electron chi connectivity index (χ4n) is 2.99. The number of carbonyl (C=O) groups is 2. The summed E-state index contributed by atoms with van der Waals surface area (Å²) in [4.78, 5) is 22.8. The minimum absolute atomic E-state index is 0.0854. The maximum Gasteiger partial charge on any atom is 0.303 e. The molecule has 0 aromatic heterocycles. The van der Waals surface area contributed by atoms with E-state index >= 15 is 0 Å². The van der Waals surface area contributed by atoms with Crippen molar-refractivity contribution in [2.75, 3.05) is 0 Å². The summed E-state index contributed by atoms with van der Waals surface area (Å²) in [6.45, 7) is 3.77. The molecule has 1 fully saturated rings. The molecule has 1 amide bonds. The van der Waals surface area contributed by atoms with Crippen LogP contribution in [-0.2, 0) is 9.59 Å². The van der Waals surface area contributed by atoms with Gasteiger partial charge in [-0.2, -0.15) is 0 Å². The van der Waals surface area contributed by atoms with Crippen LogP contribution in [0.25, 0.3) is 0 Å². The Balaban J connectivity index is 1.87. The highest BCUT2D eigenvalue weighted by Crippen LogP contribution is 2.43. The van der Waals surface area contributed by atoms with Gasteiger partial charge in [0, 0.05) is 17.9 Å². The van der Waals surface area contributed by atoms with Gasteiger partial charge in [-0.05, 0) is 44.9 Å². The number of allylic oxidation sites excluding steroid dienone is 2. The zero-order valence-corrected chi connectivity index (χ0v) is 11.0. The molecule has 0 aliphatic heterocycles. The minimum atomic E-state index is -0.819. The maximum atomic E-state index is 12.2. The number of fused-ring (bicyclic) bond motifs is 2. The van der Waals surface area contributed by atoms with Gasteiger partial charge >= 0.3 is 5.97 Å². The third kappa shape index (κ3) is 2.92. The highest BCUT2D eigenvalue weighted by atomic mass is 16.4. The van der Waals surface area contributed by atoms with Crippen LogP contribution < -0.4 is 5.32 Å². The van der Waals surface area contributed by atoms with Crippen LogP contribution in [0.2, 0.25) is 0 Å². The Hall–Kier alpha value is -1.32. The fraction of sp³-hybridized carbons (Fsp3) is 0.714. The number of rotatable bonds is 5. The summed E-state index contributed by atoms with van der Waals surface area (Å²) in [5, 5.41) is 11.7. The van der Waals surface area contributed by atoms with E-state index in [4.69, 9.17) is 5.11 Å². The average molecular weight is 251 g/mol. The second kappa shape index (κ2) is 4.75. The van der Waals surface area contributed by atoms with Crippen molar-refractivity contribution < 1.29 is 14.7 Å². The average Bonchev–Trinajstić information content (AvgIpc) is 2.87. The molecule has 3 unspecified atom stereocenters. The molecular formula is C14H21NO3. The van der Waals surface area contributed by atoms with Crippen molar-refractivity contribution in [1.82, 2.24) is 5.32 Å². The lowest BCUT2D eigenvalue weighted by atomic mass is 9.90. The van der Waals surface area contributed by atoms with Crippen LogP contribution in [0.4, 0.5) is 0 Å². The molecule has 18 heavy (non-hydrogen) atoms. The molecule has 100 valence electrons.